The zero-order chi connectivity index (χ0) is 10.7. The van der Waals surface area contributed by atoms with Gasteiger partial charge in [0.2, 0.25) is 0 Å². The standard InChI is InChI=1S/C10H16N4S/c1-7-6-13-9(15-7)4-5-12-10(11)14-8-2-3-8/h6,8H,2-5H2,1H3,(H3,11,12,14). The van der Waals surface area contributed by atoms with Crippen LogP contribution in [0.25, 0.3) is 0 Å². The maximum Gasteiger partial charge on any atom is 0.188 e. The zero-order valence-electron chi connectivity index (χ0n) is 8.86. The molecule has 1 aromatic heterocycles. The second-order valence-corrected chi connectivity index (χ2v) is 5.12. The molecule has 0 atom stereocenters. The summed E-state index contributed by atoms with van der Waals surface area (Å²) in [5, 5.41) is 4.29. The number of hydrogen-bond acceptors (Lipinski definition) is 3. The summed E-state index contributed by atoms with van der Waals surface area (Å²) < 4.78 is 0. The van der Waals surface area contributed by atoms with Gasteiger partial charge in [0.05, 0.1) is 5.01 Å². The average Bonchev–Trinajstić information content (AvgIpc) is 2.89. The van der Waals surface area contributed by atoms with Crippen LogP contribution in [0, 0.1) is 6.92 Å². The fourth-order valence-electron chi connectivity index (χ4n) is 1.27. The Hall–Kier alpha value is -1.10. The monoisotopic (exact) mass is 224 g/mol. The van der Waals surface area contributed by atoms with Crippen LogP contribution in [0.2, 0.25) is 0 Å². The molecule has 0 spiro atoms. The highest BCUT2D eigenvalue weighted by atomic mass is 32.1. The van der Waals surface area contributed by atoms with Crippen molar-refractivity contribution in [2.45, 2.75) is 32.2 Å². The second-order valence-electron chi connectivity index (χ2n) is 3.80. The fourth-order valence-corrected chi connectivity index (χ4v) is 2.05. The molecule has 1 heterocycles. The first kappa shape index (κ1) is 10.4. The lowest BCUT2D eigenvalue weighted by Crippen LogP contribution is -2.33. The van der Waals surface area contributed by atoms with Crippen LogP contribution in [0.3, 0.4) is 0 Å². The summed E-state index contributed by atoms with van der Waals surface area (Å²) in [6.07, 6.45) is 5.23. The molecule has 0 amide bonds. The molecule has 0 saturated heterocycles. The summed E-state index contributed by atoms with van der Waals surface area (Å²) >= 11 is 1.72. The highest BCUT2D eigenvalue weighted by Crippen LogP contribution is 2.18. The van der Waals surface area contributed by atoms with Gasteiger partial charge in [-0.25, -0.2) is 4.98 Å². The minimum Gasteiger partial charge on any atom is -0.370 e. The van der Waals surface area contributed by atoms with Gasteiger partial charge >= 0.3 is 0 Å². The Morgan fingerprint density at radius 1 is 1.73 bits per heavy atom. The second kappa shape index (κ2) is 4.61. The Morgan fingerprint density at radius 3 is 3.13 bits per heavy atom. The highest BCUT2D eigenvalue weighted by Gasteiger charge is 2.21. The van der Waals surface area contributed by atoms with Gasteiger partial charge < -0.3 is 11.1 Å². The number of nitrogens with one attached hydrogen (secondary N) is 1. The number of rotatable bonds is 4. The molecule has 1 aliphatic carbocycles. The van der Waals surface area contributed by atoms with Crippen LogP contribution in [0.4, 0.5) is 0 Å². The molecule has 3 N–H and O–H groups in total. The molecule has 0 bridgehead atoms. The molecule has 0 radical (unpaired) electrons. The lowest BCUT2D eigenvalue weighted by molar-refractivity contribution is 0.868. The van der Waals surface area contributed by atoms with Crippen LogP contribution in [-0.4, -0.2) is 23.5 Å². The van der Waals surface area contributed by atoms with Crippen molar-refractivity contribution in [3.8, 4) is 0 Å². The van der Waals surface area contributed by atoms with Crippen molar-refractivity contribution in [3.63, 3.8) is 0 Å². The third kappa shape index (κ3) is 3.51. The van der Waals surface area contributed by atoms with Gasteiger partial charge in [-0.2, -0.15) is 0 Å². The summed E-state index contributed by atoms with van der Waals surface area (Å²) in [5.74, 6) is 0.575. The molecule has 1 fully saturated rings. The number of aryl methyl sites for hydroxylation is 1. The molecular weight excluding hydrogens is 208 g/mol. The third-order valence-electron chi connectivity index (χ3n) is 2.21. The normalized spacial score (nSPS) is 16.7. The van der Waals surface area contributed by atoms with Crippen molar-refractivity contribution < 1.29 is 0 Å². The van der Waals surface area contributed by atoms with E-state index in [1.165, 1.54) is 17.7 Å². The van der Waals surface area contributed by atoms with Gasteiger partial charge in [0, 0.05) is 30.1 Å². The predicted octanol–water partition coefficient (Wildman–Crippen LogP) is 1.06. The highest BCUT2D eigenvalue weighted by molar-refractivity contribution is 7.11. The molecule has 5 heteroatoms. The average molecular weight is 224 g/mol. The van der Waals surface area contributed by atoms with Gasteiger partial charge in [0.1, 0.15) is 0 Å². The van der Waals surface area contributed by atoms with Crippen molar-refractivity contribution in [2.75, 3.05) is 6.54 Å². The molecule has 82 valence electrons. The van der Waals surface area contributed by atoms with Gasteiger partial charge in [-0.3, -0.25) is 4.99 Å². The number of aromatic nitrogens is 1. The first-order chi connectivity index (χ1) is 7.24. The molecule has 0 aromatic carbocycles. The molecule has 1 aromatic rings. The number of thiazole rings is 1. The summed E-state index contributed by atoms with van der Waals surface area (Å²) in [6.45, 7) is 2.78. The van der Waals surface area contributed by atoms with Crippen molar-refractivity contribution in [2.24, 2.45) is 10.7 Å². The fraction of sp³-hybridized carbons (Fsp3) is 0.600. The quantitative estimate of drug-likeness (QED) is 0.594. The summed E-state index contributed by atoms with van der Waals surface area (Å²) in [6, 6.07) is 0.579. The third-order valence-corrected chi connectivity index (χ3v) is 3.18. The van der Waals surface area contributed by atoms with E-state index in [-0.39, 0.29) is 0 Å². The van der Waals surface area contributed by atoms with E-state index < -0.39 is 0 Å². The molecule has 0 aliphatic heterocycles. The molecule has 0 unspecified atom stereocenters. The van der Waals surface area contributed by atoms with Gasteiger partial charge in [-0.05, 0) is 19.8 Å². The van der Waals surface area contributed by atoms with Crippen LogP contribution in [0.15, 0.2) is 11.2 Å². The maximum atomic E-state index is 5.71. The predicted molar refractivity (Wildman–Crippen MR) is 63.2 cm³/mol. The van der Waals surface area contributed by atoms with Gasteiger partial charge in [0.15, 0.2) is 5.96 Å². The first-order valence-corrected chi connectivity index (χ1v) is 6.03. The number of guanidine groups is 1. The van der Waals surface area contributed by atoms with E-state index >= 15 is 0 Å². The summed E-state index contributed by atoms with van der Waals surface area (Å²) in [4.78, 5) is 9.78. The lowest BCUT2D eigenvalue weighted by Gasteiger charge is -2.01. The Balaban J connectivity index is 1.72. The van der Waals surface area contributed by atoms with E-state index in [9.17, 15) is 0 Å². The molecule has 1 aliphatic rings. The minimum absolute atomic E-state index is 0.575. The Kier molecular flexibility index (Phi) is 3.20. The topological polar surface area (TPSA) is 63.3 Å². The van der Waals surface area contributed by atoms with E-state index in [4.69, 9.17) is 5.73 Å². The maximum absolute atomic E-state index is 5.71. The van der Waals surface area contributed by atoms with Crippen molar-refractivity contribution >= 4 is 17.3 Å². The number of hydrogen-bond donors (Lipinski definition) is 2. The number of nitrogens with zero attached hydrogens (tertiary/aromatic N) is 2. The SMILES string of the molecule is Cc1cnc(CCN=C(N)NC2CC2)s1. The van der Waals surface area contributed by atoms with Gasteiger partial charge in [0.25, 0.3) is 0 Å². The van der Waals surface area contributed by atoms with E-state index in [1.807, 2.05) is 6.20 Å². The minimum atomic E-state index is 0.575. The smallest absolute Gasteiger partial charge is 0.188 e. The molecular formula is C10H16N4S. The largest absolute Gasteiger partial charge is 0.370 e. The zero-order valence-corrected chi connectivity index (χ0v) is 9.68. The van der Waals surface area contributed by atoms with Gasteiger partial charge in [-0.15, -0.1) is 11.3 Å². The Morgan fingerprint density at radius 2 is 2.53 bits per heavy atom. The van der Waals surface area contributed by atoms with E-state index in [0.717, 1.165) is 18.0 Å². The van der Waals surface area contributed by atoms with Crippen molar-refractivity contribution in [3.05, 3.63) is 16.1 Å². The Labute approximate surface area is 93.6 Å². The Bertz CT molecular complexity index is 354. The molecule has 4 nitrogen and oxygen atoms in total. The van der Waals surface area contributed by atoms with Crippen LogP contribution in [-0.2, 0) is 6.42 Å². The summed E-state index contributed by atoms with van der Waals surface area (Å²) in [5.41, 5.74) is 5.71. The van der Waals surface area contributed by atoms with Crippen LogP contribution < -0.4 is 11.1 Å². The van der Waals surface area contributed by atoms with E-state index in [1.54, 1.807) is 11.3 Å². The number of aliphatic imine (C=N–C) groups is 1. The number of nitrogens with two attached hydrogens (primary N) is 1. The lowest BCUT2D eigenvalue weighted by atomic mass is 10.4. The van der Waals surface area contributed by atoms with E-state index in [2.05, 4.69) is 22.2 Å². The van der Waals surface area contributed by atoms with Crippen LogP contribution in [0.1, 0.15) is 22.7 Å². The van der Waals surface area contributed by atoms with Crippen molar-refractivity contribution in [1.82, 2.24) is 10.3 Å². The first-order valence-electron chi connectivity index (χ1n) is 5.22. The van der Waals surface area contributed by atoms with Crippen LogP contribution >= 0.6 is 11.3 Å². The summed E-state index contributed by atoms with van der Waals surface area (Å²) in [7, 11) is 0. The molecule has 1 saturated carbocycles. The molecule has 2 rings (SSSR count). The van der Waals surface area contributed by atoms with Gasteiger partial charge in [-0.1, -0.05) is 0 Å². The van der Waals surface area contributed by atoms with Crippen LogP contribution in [0.5, 0.6) is 0 Å². The van der Waals surface area contributed by atoms with Crippen molar-refractivity contribution in [1.29, 1.82) is 0 Å². The molecule has 15 heavy (non-hydrogen) atoms. The van der Waals surface area contributed by atoms with E-state index in [0.29, 0.717) is 12.0 Å².